The lowest BCUT2D eigenvalue weighted by atomic mass is 9.88. The smallest absolute Gasteiger partial charge is 0.306 e. The lowest BCUT2D eigenvalue weighted by molar-refractivity contribution is -0.777. The normalized spacial score (nSPS) is 30.1. The molecule has 100 valence electrons. The van der Waals surface area contributed by atoms with Gasteiger partial charge in [0.1, 0.15) is 0 Å². The number of hydrogen-bond acceptors (Lipinski definition) is 7. The molecule has 2 N–H and O–H groups in total. The van der Waals surface area contributed by atoms with Gasteiger partial charge in [-0.2, -0.15) is 12.8 Å². The zero-order valence-electron chi connectivity index (χ0n) is 8.51. The summed E-state index contributed by atoms with van der Waals surface area (Å²) in [7, 11) is -4.30. The summed E-state index contributed by atoms with van der Waals surface area (Å²) in [6.45, 7) is 0. The van der Waals surface area contributed by atoms with Crippen LogP contribution in [-0.2, 0) is 24.3 Å². The van der Waals surface area contributed by atoms with E-state index in [2.05, 4.69) is 9.37 Å². The predicted octanol–water partition coefficient (Wildman–Crippen LogP) is -0.632. The van der Waals surface area contributed by atoms with Gasteiger partial charge < -0.3 is 10.4 Å². The van der Waals surface area contributed by atoms with E-state index in [-0.39, 0.29) is 19.3 Å². The van der Waals surface area contributed by atoms with Crippen LogP contribution in [0.1, 0.15) is 19.3 Å². The fourth-order valence-electron chi connectivity index (χ4n) is 1.81. The molecule has 1 aliphatic rings. The molecular weight excluding hydrogens is 276 g/mol. The maximum Gasteiger partial charge on any atom is 0.306 e. The Morgan fingerprint density at radius 2 is 2.00 bits per heavy atom. The van der Waals surface area contributed by atoms with E-state index >= 15 is 0 Å². The molecular formula is C7H11O8S2-. The molecule has 1 saturated carbocycles. The molecule has 0 amide bonds. The highest BCUT2D eigenvalue weighted by atomic mass is 32.2. The average molecular weight is 287 g/mol. The van der Waals surface area contributed by atoms with E-state index in [4.69, 9.17) is 9.66 Å². The second-order valence-corrected chi connectivity index (χ2v) is 6.43. The second-order valence-electron chi connectivity index (χ2n) is 3.73. The topological polar surface area (TPSA) is 133 Å². The molecule has 3 atom stereocenters. The highest BCUT2D eigenvalue weighted by Crippen LogP contribution is 2.35. The van der Waals surface area contributed by atoms with Gasteiger partial charge >= 0.3 is 5.97 Å². The summed E-state index contributed by atoms with van der Waals surface area (Å²) in [4.78, 5) is 10.8. The van der Waals surface area contributed by atoms with Crippen LogP contribution in [0.2, 0.25) is 0 Å². The zero-order chi connectivity index (χ0) is 13.1. The van der Waals surface area contributed by atoms with Crippen LogP contribution < -0.4 is 5.26 Å². The fraction of sp³-hybridized carbons (Fsp3) is 0.857. The maximum atomic E-state index is 11.0. The minimum absolute atomic E-state index is 0.0106. The van der Waals surface area contributed by atoms with Crippen LogP contribution in [0.5, 0.6) is 0 Å². The van der Waals surface area contributed by atoms with E-state index in [1.54, 1.807) is 0 Å². The lowest BCUT2D eigenvalue weighted by Gasteiger charge is -2.30. The van der Waals surface area contributed by atoms with E-state index in [1.165, 1.54) is 0 Å². The molecule has 1 fully saturated rings. The van der Waals surface area contributed by atoms with Crippen LogP contribution in [0.4, 0.5) is 0 Å². The standard InChI is InChI=1S/C7H12O8S2/c8-7(9)4-1-5(16-15-14-10)3-6(2-4)17(11,12)13/h4-6,10H,1-3H2,(H,8,9)(H,11,12,13)/p-1. The first-order valence-electron chi connectivity index (χ1n) is 4.65. The summed E-state index contributed by atoms with van der Waals surface area (Å²) in [5.41, 5.74) is 0. The van der Waals surface area contributed by atoms with Crippen molar-refractivity contribution >= 4 is 28.1 Å². The van der Waals surface area contributed by atoms with Crippen LogP contribution in [0.15, 0.2) is 0 Å². The molecule has 8 nitrogen and oxygen atoms in total. The largest absolute Gasteiger partial charge is 0.691 e. The van der Waals surface area contributed by atoms with Gasteiger partial charge in [-0.1, -0.05) is 0 Å². The first kappa shape index (κ1) is 14.7. The Labute approximate surface area is 102 Å². The van der Waals surface area contributed by atoms with E-state index in [9.17, 15) is 18.5 Å². The fourth-order valence-corrected chi connectivity index (χ4v) is 3.65. The third-order valence-electron chi connectivity index (χ3n) is 2.59. The van der Waals surface area contributed by atoms with Gasteiger partial charge in [0, 0.05) is 17.3 Å². The lowest BCUT2D eigenvalue weighted by Crippen LogP contribution is -2.36. The van der Waals surface area contributed by atoms with Crippen LogP contribution in [0.3, 0.4) is 0 Å². The molecule has 0 aromatic rings. The minimum Gasteiger partial charge on any atom is -0.691 e. The van der Waals surface area contributed by atoms with Crippen molar-refractivity contribution in [1.82, 2.24) is 0 Å². The molecule has 10 heteroatoms. The zero-order valence-corrected chi connectivity index (χ0v) is 10.1. The molecule has 0 spiro atoms. The molecule has 0 aliphatic heterocycles. The van der Waals surface area contributed by atoms with E-state index in [0.717, 1.165) is 0 Å². The van der Waals surface area contributed by atoms with Crippen molar-refractivity contribution < 1.29 is 37.5 Å². The molecule has 1 aliphatic carbocycles. The quantitative estimate of drug-likeness (QED) is 0.293. The van der Waals surface area contributed by atoms with Gasteiger partial charge in [-0.15, -0.1) is 0 Å². The summed E-state index contributed by atoms with van der Waals surface area (Å²) < 4.78 is 35.0. The van der Waals surface area contributed by atoms with Crippen molar-refractivity contribution in [3.05, 3.63) is 0 Å². The van der Waals surface area contributed by atoms with Crippen LogP contribution in [-0.4, -0.2) is 34.5 Å². The summed E-state index contributed by atoms with van der Waals surface area (Å²) in [5.74, 6) is -2.05. The Morgan fingerprint density at radius 3 is 2.47 bits per heavy atom. The van der Waals surface area contributed by atoms with Crippen molar-refractivity contribution in [2.24, 2.45) is 5.92 Å². The monoisotopic (exact) mass is 287 g/mol. The molecule has 3 unspecified atom stereocenters. The van der Waals surface area contributed by atoms with E-state index in [0.29, 0.717) is 12.0 Å². The SMILES string of the molecule is O=C(O)C1CC(SOO[O-])CC(S(=O)(=O)O)C1. The third-order valence-corrected chi connectivity index (χ3v) is 4.61. The van der Waals surface area contributed by atoms with E-state index < -0.39 is 32.5 Å². The maximum absolute atomic E-state index is 11.0. The molecule has 0 saturated heterocycles. The molecule has 0 heterocycles. The van der Waals surface area contributed by atoms with Gasteiger partial charge in [0.15, 0.2) is 0 Å². The molecule has 0 aromatic carbocycles. The molecule has 0 radical (unpaired) electrons. The number of hydrogen-bond donors (Lipinski definition) is 2. The summed E-state index contributed by atoms with van der Waals surface area (Å²) in [6.07, 6.45) is 0.00940. The van der Waals surface area contributed by atoms with Crippen LogP contribution in [0, 0.1) is 5.92 Å². The van der Waals surface area contributed by atoms with Gasteiger partial charge in [0.05, 0.1) is 11.2 Å². The third kappa shape index (κ3) is 4.41. The Bertz CT molecular complexity index is 366. The first-order valence-corrected chi connectivity index (χ1v) is 6.96. The van der Waals surface area contributed by atoms with Crippen molar-refractivity contribution in [2.45, 2.75) is 29.8 Å². The summed E-state index contributed by atoms with van der Waals surface area (Å²) in [6, 6.07) is 0. The first-order chi connectivity index (χ1) is 7.84. The summed E-state index contributed by atoms with van der Waals surface area (Å²) >= 11 is 0.565. The molecule has 0 bridgehead atoms. The number of carboxylic acids is 1. The Hall–Kier alpha value is -0.390. The highest BCUT2D eigenvalue weighted by Gasteiger charge is 2.39. The number of carbonyl (C=O) groups is 1. The van der Waals surface area contributed by atoms with Crippen LogP contribution in [0.25, 0.3) is 0 Å². The van der Waals surface area contributed by atoms with Crippen molar-refractivity contribution in [3.63, 3.8) is 0 Å². The number of rotatable bonds is 5. The Kier molecular flexibility index (Phi) is 5.16. The number of aliphatic carboxylic acids is 1. The molecule has 0 aromatic heterocycles. The minimum atomic E-state index is -4.30. The Morgan fingerprint density at radius 1 is 1.35 bits per heavy atom. The Balaban J connectivity index is 2.72. The van der Waals surface area contributed by atoms with Crippen LogP contribution >= 0.6 is 12.0 Å². The second kappa shape index (κ2) is 5.98. The van der Waals surface area contributed by atoms with Crippen molar-refractivity contribution in [2.75, 3.05) is 0 Å². The predicted molar refractivity (Wildman–Crippen MR) is 53.9 cm³/mol. The van der Waals surface area contributed by atoms with Gasteiger partial charge in [0.25, 0.3) is 10.1 Å². The van der Waals surface area contributed by atoms with Crippen molar-refractivity contribution in [1.29, 1.82) is 0 Å². The highest BCUT2D eigenvalue weighted by molar-refractivity contribution is 7.95. The van der Waals surface area contributed by atoms with Gasteiger partial charge in [-0.25, -0.2) is 0 Å². The molecule has 17 heavy (non-hydrogen) atoms. The molecule has 1 rings (SSSR count). The summed E-state index contributed by atoms with van der Waals surface area (Å²) in [5, 5.41) is 19.9. The van der Waals surface area contributed by atoms with Gasteiger partial charge in [0.2, 0.25) is 0 Å². The van der Waals surface area contributed by atoms with Gasteiger partial charge in [-0.05, 0) is 19.3 Å². The van der Waals surface area contributed by atoms with Gasteiger partial charge in [-0.3, -0.25) is 14.4 Å². The number of carboxylic acid groups (broad SMARTS) is 1. The average Bonchev–Trinajstić information content (AvgIpc) is 2.24. The van der Waals surface area contributed by atoms with Crippen molar-refractivity contribution in [3.8, 4) is 0 Å². The van der Waals surface area contributed by atoms with E-state index in [1.807, 2.05) is 0 Å².